The van der Waals surface area contributed by atoms with Crippen LogP contribution in [0.3, 0.4) is 0 Å². The van der Waals surface area contributed by atoms with Gasteiger partial charge in [-0.1, -0.05) is 30.3 Å². The number of carbonyl (C=O) groups excluding carboxylic acids is 2. The van der Waals surface area contributed by atoms with Crippen LogP contribution in [0.1, 0.15) is 10.4 Å². The van der Waals surface area contributed by atoms with Crippen molar-refractivity contribution >= 4 is 22.8 Å². The van der Waals surface area contributed by atoms with Crippen LogP contribution in [0, 0.1) is 0 Å². The molecule has 74 valence electrons. The number of benzene rings is 2. The van der Waals surface area contributed by atoms with Crippen LogP contribution in [0.2, 0.25) is 0 Å². The maximum atomic E-state index is 11.1. The molecule has 0 fully saturated rings. The van der Waals surface area contributed by atoms with Gasteiger partial charge in [-0.3, -0.25) is 9.59 Å². The maximum Gasteiger partial charge on any atom is 0.229 e. The van der Waals surface area contributed by atoms with Crippen LogP contribution in [-0.2, 0) is 4.79 Å². The Morgan fingerprint density at radius 1 is 1.13 bits per heavy atom. The van der Waals surface area contributed by atoms with Gasteiger partial charge in [0.25, 0.3) is 0 Å². The van der Waals surface area contributed by atoms with Crippen molar-refractivity contribution in [1.82, 2.24) is 0 Å². The van der Waals surface area contributed by atoms with E-state index in [1.54, 1.807) is 18.2 Å². The molecule has 0 saturated carbocycles. The van der Waals surface area contributed by atoms with Crippen molar-refractivity contribution in [1.29, 1.82) is 0 Å². The summed E-state index contributed by atoms with van der Waals surface area (Å²) in [7, 11) is 0. The molecule has 1 N–H and O–H groups in total. The molecule has 0 unspecified atom stereocenters. The molecule has 2 aromatic carbocycles. The number of hydrogen-bond donors (Lipinski definition) is 1. The fourth-order valence-corrected chi connectivity index (χ4v) is 1.52. The molecule has 0 spiro atoms. The molecular formula is C12H8O3. The molecule has 2 aromatic rings. The molecule has 3 nitrogen and oxygen atoms in total. The number of aromatic hydroxyl groups is 1. The van der Waals surface area contributed by atoms with Gasteiger partial charge in [0, 0.05) is 5.39 Å². The predicted octanol–water partition coefficient (Wildman–Crippen LogP) is 1.93. The van der Waals surface area contributed by atoms with E-state index < -0.39 is 5.78 Å². The summed E-state index contributed by atoms with van der Waals surface area (Å²) in [5.74, 6) is -0.844. The number of fused-ring (bicyclic) bond motifs is 1. The molecule has 0 aliphatic heterocycles. The molecule has 0 bridgehead atoms. The van der Waals surface area contributed by atoms with Gasteiger partial charge in [0.05, 0.1) is 5.56 Å². The second-order valence-electron chi connectivity index (χ2n) is 3.16. The Balaban J connectivity index is 2.75. The van der Waals surface area contributed by atoms with Gasteiger partial charge in [0.2, 0.25) is 5.78 Å². The SMILES string of the molecule is O=CC(=O)c1ccc2ccccc2c1O. The lowest BCUT2D eigenvalue weighted by Crippen LogP contribution is -2.00. The van der Waals surface area contributed by atoms with E-state index in [0.717, 1.165) is 5.39 Å². The summed E-state index contributed by atoms with van der Waals surface area (Å²) in [5, 5.41) is 11.2. The van der Waals surface area contributed by atoms with E-state index in [-0.39, 0.29) is 17.6 Å². The van der Waals surface area contributed by atoms with Gasteiger partial charge in [0.1, 0.15) is 5.75 Å². The van der Waals surface area contributed by atoms with Gasteiger partial charge in [0.15, 0.2) is 6.29 Å². The van der Waals surface area contributed by atoms with Gasteiger partial charge in [-0.15, -0.1) is 0 Å². The third-order valence-corrected chi connectivity index (χ3v) is 2.27. The van der Waals surface area contributed by atoms with Crippen LogP contribution in [-0.4, -0.2) is 17.2 Å². The molecule has 0 saturated heterocycles. The van der Waals surface area contributed by atoms with Crippen molar-refractivity contribution in [3.63, 3.8) is 0 Å². The molecule has 3 heteroatoms. The molecule has 15 heavy (non-hydrogen) atoms. The second kappa shape index (κ2) is 3.53. The Hall–Kier alpha value is -2.16. The topological polar surface area (TPSA) is 54.4 Å². The van der Waals surface area contributed by atoms with Gasteiger partial charge >= 0.3 is 0 Å². The lowest BCUT2D eigenvalue weighted by molar-refractivity contribution is -0.104. The molecule has 2 rings (SSSR count). The fraction of sp³-hybridized carbons (Fsp3) is 0. The van der Waals surface area contributed by atoms with Crippen LogP contribution in [0.25, 0.3) is 10.8 Å². The fourth-order valence-electron chi connectivity index (χ4n) is 1.52. The predicted molar refractivity (Wildman–Crippen MR) is 56.0 cm³/mol. The lowest BCUT2D eigenvalue weighted by Gasteiger charge is -2.03. The number of aldehydes is 1. The van der Waals surface area contributed by atoms with Crippen molar-refractivity contribution in [3.05, 3.63) is 42.0 Å². The first-order valence-corrected chi connectivity index (χ1v) is 4.44. The van der Waals surface area contributed by atoms with Crippen LogP contribution < -0.4 is 0 Å². The van der Waals surface area contributed by atoms with Crippen LogP contribution in [0.4, 0.5) is 0 Å². The Morgan fingerprint density at radius 3 is 2.60 bits per heavy atom. The minimum atomic E-state index is -0.710. The number of hydrogen-bond acceptors (Lipinski definition) is 3. The number of Topliss-reactive ketones (excluding diaryl/α,β-unsaturated/α-hetero) is 1. The first kappa shape index (κ1) is 9.40. The highest BCUT2D eigenvalue weighted by Crippen LogP contribution is 2.28. The highest BCUT2D eigenvalue weighted by atomic mass is 16.3. The molecule has 0 aliphatic carbocycles. The number of phenols is 1. The largest absolute Gasteiger partial charge is 0.507 e. The van der Waals surface area contributed by atoms with Gasteiger partial charge in [-0.2, -0.15) is 0 Å². The van der Waals surface area contributed by atoms with Crippen molar-refractivity contribution in [3.8, 4) is 5.75 Å². The number of carbonyl (C=O) groups is 2. The average Bonchev–Trinajstić information content (AvgIpc) is 2.29. The van der Waals surface area contributed by atoms with Gasteiger partial charge < -0.3 is 5.11 Å². The zero-order valence-electron chi connectivity index (χ0n) is 7.81. The van der Waals surface area contributed by atoms with E-state index in [2.05, 4.69) is 0 Å². The first-order chi connectivity index (χ1) is 7.24. The quantitative estimate of drug-likeness (QED) is 0.457. The van der Waals surface area contributed by atoms with E-state index in [4.69, 9.17) is 0 Å². The third-order valence-electron chi connectivity index (χ3n) is 2.27. The number of rotatable bonds is 2. The summed E-state index contributed by atoms with van der Waals surface area (Å²) in [5.41, 5.74) is 0.0451. The van der Waals surface area contributed by atoms with E-state index in [1.807, 2.05) is 12.1 Å². The first-order valence-electron chi connectivity index (χ1n) is 4.44. The van der Waals surface area contributed by atoms with Crippen LogP contribution in [0.5, 0.6) is 5.75 Å². The van der Waals surface area contributed by atoms with Gasteiger partial charge in [-0.05, 0) is 11.5 Å². The molecule has 0 radical (unpaired) electrons. The molecule has 0 aromatic heterocycles. The van der Waals surface area contributed by atoms with Crippen LogP contribution >= 0.6 is 0 Å². The normalized spacial score (nSPS) is 10.1. The highest BCUT2D eigenvalue weighted by Gasteiger charge is 2.12. The maximum absolute atomic E-state index is 11.1. The summed E-state index contributed by atoms with van der Waals surface area (Å²) < 4.78 is 0. The van der Waals surface area contributed by atoms with E-state index in [0.29, 0.717) is 5.39 Å². The molecule has 0 amide bonds. The van der Waals surface area contributed by atoms with Crippen molar-refractivity contribution in [2.24, 2.45) is 0 Å². The summed E-state index contributed by atoms with van der Waals surface area (Å²) in [6.07, 6.45) is 0.198. The van der Waals surface area contributed by atoms with Gasteiger partial charge in [-0.25, -0.2) is 0 Å². The number of ketones is 1. The standard InChI is InChI=1S/C12H8O3/c13-7-11(14)10-6-5-8-3-1-2-4-9(8)12(10)15/h1-7,15H. The lowest BCUT2D eigenvalue weighted by atomic mass is 10.0. The highest BCUT2D eigenvalue weighted by molar-refractivity contribution is 6.34. The summed E-state index contributed by atoms with van der Waals surface area (Å²) in [6.45, 7) is 0. The Bertz CT molecular complexity index is 544. The van der Waals surface area contributed by atoms with E-state index in [1.165, 1.54) is 6.07 Å². The smallest absolute Gasteiger partial charge is 0.229 e. The number of phenolic OH excluding ortho intramolecular Hbond substituents is 1. The summed E-state index contributed by atoms with van der Waals surface area (Å²) in [4.78, 5) is 21.5. The molecule has 0 aliphatic rings. The monoisotopic (exact) mass is 200 g/mol. The average molecular weight is 200 g/mol. The summed E-state index contributed by atoms with van der Waals surface area (Å²) >= 11 is 0. The minimum Gasteiger partial charge on any atom is -0.507 e. The zero-order valence-corrected chi connectivity index (χ0v) is 7.81. The van der Waals surface area contributed by atoms with Crippen molar-refractivity contribution in [2.45, 2.75) is 0 Å². The van der Waals surface area contributed by atoms with Crippen molar-refractivity contribution in [2.75, 3.05) is 0 Å². The second-order valence-corrected chi connectivity index (χ2v) is 3.16. The van der Waals surface area contributed by atoms with Crippen LogP contribution in [0.15, 0.2) is 36.4 Å². The Morgan fingerprint density at radius 2 is 1.87 bits per heavy atom. The minimum absolute atomic E-state index is 0.0451. The molecular weight excluding hydrogens is 192 g/mol. The molecule has 0 heterocycles. The van der Waals surface area contributed by atoms with Crippen molar-refractivity contribution < 1.29 is 14.7 Å². The summed E-state index contributed by atoms with van der Waals surface area (Å²) in [6, 6.07) is 10.3. The zero-order chi connectivity index (χ0) is 10.8. The van der Waals surface area contributed by atoms with E-state index >= 15 is 0 Å². The Labute approximate surface area is 86.0 Å². The third kappa shape index (κ3) is 1.48. The Kier molecular flexibility index (Phi) is 2.21. The molecule has 0 atom stereocenters. The van der Waals surface area contributed by atoms with E-state index in [9.17, 15) is 14.7 Å².